The molecular weight excluding hydrogens is 241 g/mol. The molecule has 0 bridgehead atoms. The zero-order valence-electron chi connectivity index (χ0n) is 8.98. The largest absolute Gasteiger partial charge is 0.416 e. The van der Waals surface area contributed by atoms with E-state index in [4.69, 9.17) is 11.6 Å². The first kappa shape index (κ1) is 13.1. The van der Waals surface area contributed by atoms with E-state index in [2.05, 4.69) is 4.98 Å². The van der Waals surface area contributed by atoms with Crippen LogP contribution in [0, 0.1) is 0 Å². The van der Waals surface area contributed by atoms with Crippen LogP contribution in [0.1, 0.15) is 18.9 Å². The number of pyridine rings is 1. The predicted molar refractivity (Wildman–Crippen MR) is 57.8 cm³/mol. The van der Waals surface area contributed by atoms with Crippen LogP contribution in [-0.2, 0) is 6.18 Å². The lowest BCUT2D eigenvalue weighted by molar-refractivity contribution is -0.137. The maximum Gasteiger partial charge on any atom is 0.416 e. The van der Waals surface area contributed by atoms with E-state index in [1.807, 2.05) is 6.92 Å². The topological polar surface area (TPSA) is 16.1 Å². The highest BCUT2D eigenvalue weighted by molar-refractivity contribution is 6.29. The molecular formula is C10H12ClF3N2. The molecule has 1 aromatic heterocycles. The molecule has 1 heterocycles. The van der Waals surface area contributed by atoms with Crippen molar-refractivity contribution in [2.24, 2.45) is 0 Å². The Labute approximate surface area is 97.0 Å². The minimum atomic E-state index is -4.39. The Bertz CT molecular complexity index is 366. The van der Waals surface area contributed by atoms with Gasteiger partial charge in [-0.05, 0) is 18.6 Å². The lowest BCUT2D eigenvalue weighted by atomic mass is 10.2. The van der Waals surface area contributed by atoms with Crippen LogP contribution in [0.4, 0.5) is 19.0 Å². The van der Waals surface area contributed by atoms with Crippen LogP contribution in [0.15, 0.2) is 12.1 Å². The van der Waals surface area contributed by atoms with Gasteiger partial charge in [-0.15, -0.1) is 0 Å². The lowest BCUT2D eigenvalue weighted by Crippen LogP contribution is -2.20. The fourth-order valence-electron chi connectivity index (χ4n) is 1.29. The fraction of sp³-hybridized carbons (Fsp3) is 0.500. The van der Waals surface area contributed by atoms with Crippen LogP contribution >= 0.6 is 11.6 Å². The second-order valence-corrected chi connectivity index (χ2v) is 3.84. The zero-order chi connectivity index (χ0) is 12.3. The molecule has 0 aliphatic heterocycles. The predicted octanol–water partition coefficient (Wildman–Crippen LogP) is 3.60. The van der Waals surface area contributed by atoms with Crippen molar-refractivity contribution in [3.8, 4) is 0 Å². The summed E-state index contributed by atoms with van der Waals surface area (Å²) in [5, 5.41) is -0.146. The number of alkyl halides is 3. The van der Waals surface area contributed by atoms with Crippen LogP contribution in [0.5, 0.6) is 0 Å². The molecule has 0 N–H and O–H groups in total. The van der Waals surface area contributed by atoms with Gasteiger partial charge in [-0.3, -0.25) is 0 Å². The van der Waals surface area contributed by atoms with E-state index in [0.29, 0.717) is 6.54 Å². The smallest absolute Gasteiger partial charge is 0.360 e. The van der Waals surface area contributed by atoms with Gasteiger partial charge in [0, 0.05) is 13.6 Å². The van der Waals surface area contributed by atoms with E-state index in [-0.39, 0.29) is 11.0 Å². The number of nitrogens with zero attached hydrogens (tertiary/aromatic N) is 2. The normalized spacial score (nSPS) is 11.6. The maximum absolute atomic E-state index is 12.5. The summed E-state index contributed by atoms with van der Waals surface area (Å²) in [4.78, 5) is 5.50. The second kappa shape index (κ2) is 4.91. The lowest BCUT2D eigenvalue weighted by Gasteiger charge is -2.18. The molecule has 1 aromatic rings. The number of aromatic nitrogens is 1. The van der Waals surface area contributed by atoms with Crippen LogP contribution in [0.3, 0.4) is 0 Å². The van der Waals surface area contributed by atoms with E-state index < -0.39 is 11.7 Å². The van der Waals surface area contributed by atoms with Crippen molar-refractivity contribution < 1.29 is 13.2 Å². The third kappa shape index (κ3) is 3.27. The molecule has 0 saturated heterocycles. The van der Waals surface area contributed by atoms with Gasteiger partial charge in [0.1, 0.15) is 11.0 Å². The highest BCUT2D eigenvalue weighted by atomic mass is 35.5. The average molecular weight is 253 g/mol. The highest BCUT2D eigenvalue weighted by Gasteiger charge is 2.31. The van der Waals surface area contributed by atoms with E-state index in [1.165, 1.54) is 0 Å². The van der Waals surface area contributed by atoms with Crippen LogP contribution < -0.4 is 4.90 Å². The van der Waals surface area contributed by atoms with Crippen molar-refractivity contribution in [2.75, 3.05) is 18.5 Å². The molecule has 90 valence electrons. The summed E-state index contributed by atoms with van der Waals surface area (Å²) in [5.41, 5.74) is -0.773. The summed E-state index contributed by atoms with van der Waals surface area (Å²) < 4.78 is 37.5. The first-order valence-corrected chi connectivity index (χ1v) is 5.18. The number of halogens is 4. The second-order valence-electron chi connectivity index (χ2n) is 3.46. The molecule has 0 aliphatic carbocycles. The Kier molecular flexibility index (Phi) is 4.02. The van der Waals surface area contributed by atoms with Crippen LogP contribution in [0.25, 0.3) is 0 Å². The molecule has 0 saturated carbocycles. The van der Waals surface area contributed by atoms with Gasteiger partial charge in [0.15, 0.2) is 0 Å². The minimum absolute atomic E-state index is 0.146. The molecule has 0 spiro atoms. The van der Waals surface area contributed by atoms with Gasteiger partial charge in [0.05, 0.1) is 5.56 Å². The zero-order valence-corrected chi connectivity index (χ0v) is 9.73. The van der Waals surface area contributed by atoms with Gasteiger partial charge in [-0.25, -0.2) is 4.98 Å². The Balaban J connectivity index is 3.08. The van der Waals surface area contributed by atoms with Gasteiger partial charge in [-0.2, -0.15) is 13.2 Å². The molecule has 0 atom stereocenters. The molecule has 1 rings (SSSR count). The molecule has 0 aliphatic rings. The van der Waals surface area contributed by atoms with Crippen molar-refractivity contribution in [1.82, 2.24) is 4.98 Å². The van der Waals surface area contributed by atoms with Crippen molar-refractivity contribution >= 4 is 17.4 Å². The van der Waals surface area contributed by atoms with Gasteiger partial charge in [0.25, 0.3) is 0 Å². The fourth-order valence-corrected chi connectivity index (χ4v) is 1.50. The number of hydrogen-bond acceptors (Lipinski definition) is 2. The molecule has 0 fully saturated rings. The summed E-state index contributed by atoms with van der Waals surface area (Å²) in [6, 6.07) is 1.83. The SMILES string of the molecule is CCCN(C)c1cc(C(F)(F)F)cc(Cl)n1. The van der Waals surface area contributed by atoms with Gasteiger partial charge < -0.3 is 4.90 Å². The number of anilines is 1. The van der Waals surface area contributed by atoms with Crippen molar-refractivity contribution in [2.45, 2.75) is 19.5 Å². The monoisotopic (exact) mass is 252 g/mol. The van der Waals surface area contributed by atoms with Crippen LogP contribution in [-0.4, -0.2) is 18.6 Å². The van der Waals surface area contributed by atoms with E-state index in [9.17, 15) is 13.2 Å². The Morgan fingerprint density at radius 3 is 2.50 bits per heavy atom. The summed E-state index contributed by atoms with van der Waals surface area (Å²) in [5.74, 6) is 0.238. The third-order valence-corrected chi connectivity index (χ3v) is 2.25. The minimum Gasteiger partial charge on any atom is -0.360 e. The first-order chi connectivity index (χ1) is 7.34. The number of rotatable bonds is 3. The summed E-state index contributed by atoms with van der Waals surface area (Å²) >= 11 is 5.56. The molecule has 0 aromatic carbocycles. The quantitative estimate of drug-likeness (QED) is 0.764. The Morgan fingerprint density at radius 1 is 1.38 bits per heavy atom. The molecule has 6 heteroatoms. The van der Waals surface area contributed by atoms with E-state index in [0.717, 1.165) is 18.6 Å². The molecule has 2 nitrogen and oxygen atoms in total. The molecule has 0 radical (unpaired) electrons. The van der Waals surface area contributed by atoms with Gasteiger partial charge in [-0.1, -0.05) is 18.5 Å². The van der Waals surface area contributed by atoms with Crippen LogP contribution in [0.2, 0.25) is 5.15 Å². The summed E-state index contributed by atoms with van der Waals surface area (Å²) in [6.07, 6.45) is -3.57. The van der Waals surface area contributed by atoms with E-state index in [1.54, 1.807) is 11.9 Å². The van der Waals surface area contributed by atoms with Gasteiger partial charge >= 0.3 is 6.18 Å². The third-order valence-electron chi connectivity index (χ3n) is 2.06. The molecule has 0 amide bonds. The highest BCUT2D eigenvalue weighted by Crippen LogP contribution is 2.32. The van der Waals surface area contributed by atoms with Gasteiger partial charge in [0.2, 0.25) is 0 Å². The standard InChI is InChI=1S/C10H12ClF3N2/c1-3-4-16(2)9-6-7(10(12,13)14)5-8(11)15-9/h5-6H,3-4H2,1-2H3. The average Bonchev–Trinajstić information content (AvgIpc) is 2.16. The summed E-state index contributed by atoms with van der Waals surface area (Å²) in [6.45, 7) is 2.57. The van der Waals surface area contributed by atoms with Crippen molar-refractivity contribution in [3.05, 3.63) is 22.8 Å². The first-order valence-electron chi connectivity index (χ1n) is 4.80. The molecule has 0 unspecified atom stereocenters. The van der Waals surface area contributed by atoms with Crippen molar-refractivity contribution in [3.63, 3.8) is 0 Å². The van der Waals surface area contributed by atoms with Crippen molar-refractivity contribution in [1.29, 1.82) is 0 Å². The number of hydrogen-bond donors (Lipinski definition) is 0. The van der Waals surface area contributed by atoms with E-state index >= 15 is 0 Å². The maximum atomic E-state index is 12.5. The Hall–Kier alpha value is -0.970. The Morgan fingerprint density at radius 2 is 2.00 bits per heavy atom. The molecule has 16 heavy (non-hydrogen) atoms. The summed E-state index contributed by atoms with van der Waals surface area (Å²) in [7, 11) is 1.68.